The summed E-state index contributed by atoms with van der Waals surface area (Å²) in [6, 6.07) is 9.33. The number of hydrogen-bond acceptors (Lipinski definition) is 6. The van der Waals surface area contributed by atoms with Gasteiger partial charge >= 0.3 is 5.69 Å². The molecule has 2 aliphatic rings. The third-order valence-electron chi connectivity index (χ3n) is 5.33. The number of benzene rings is 1. The van der Waals surface area contributed by atoms with Gasteiger partial charge in [0.1, 0.15) is 11.6 Å². The fourth-order valence-corrected chi connectivity index (χ4v) is 4.10. The Morgan fingerprint density at radius 3 is 2.35 bits per heavy atom. The summed E-state index contributed by atoms with van der Waals surface area (Å²) < 4.78 is 0. The van der Waals surface area contributed by atoms with Gasteiger partial charge < -0.3 is 9.80 Å². The molecule has 2 atom stereocenters. The second kappa shape index (κ2) is 5.69. The molecule has 1 aromatic carbocycles. The average molecular weight is 350 g/mol. The van der Waals surface area contributed by atoms with Crippen LogP contribution in [-0.2, 0) is 0 Å². The fourth-order valence-electron chi connectivity index (χ4n) is 4.10. The Balaban J connectivity index is 1.34. The first kappa shape index (κ1) is 15.1. The smallest absolute Gasteiger partial charge is 0.327 e. The maximum Gasteiger partial charge on any atom is 0.327 e. The lowest BCUT2D eigenvalue weighted by atomic mass is 10.0. The Hall–Kier alpha value is -3.16. The molecule has 2 saturated heterocycles. The molecule has 26 heavy (non-hydrogen) atoms. The highest BCUT2D eigenvalue weighted by Gasteiger charge is 2.41. The van der Waals surface area contributed by atoms with E-state index in [-0.39, 0.29) is 5.56 Å². The molecule has 2 fully saturated rings. The summed E-state index contributed by atoms with van der Waals surface area (Å²) >= 11 is 0. The summed E-state index contributed by atoms with van der Waals surface area (Å²) in [6.45, 7) is 3.45. The number of nitrogens with zero attached hydrogens (tertiary/aromatic N) is 4. The minimum Gasteiger partial charge on any atom is -0.357 e. The maximum atomic E-state index is 11.5. The third-order valence-corrected chi connectivity index (χ3v) is 5.33. The van der Waals surface area contributed by atoms with Crippen LogP contribution in [0.3, 0.4) is 0 Å². The largest absolute Gasteiger partial charge is 0.357 e. The van der Waals surface area contributed by atoms with Crippen molar-refractivity contribution in [2.24, 2.45) is 11.8 Å². The minimum atomic E-state index is -0.461. The Labute approximate surface area is 148 Å². The van der Waals surface area contributed by atoms with Gasteiger partial charge in [-0.05, 0) is 12.1 Å². The van der Waals surface area contributed by atoms with Crippen molar-refractivity contribution < 1.29 is 0 Å². The summed E-state index contributed by atoms with van der Waals surface area (Å²) in [5.74, 6) is 2.47. The minimum absolute atomic E-state index is 0.367. The molecule has 4 heterocycles. The molecule has 0 saturated carbocycles. The zero-order chi connectivity index (χ0) is 17.7. The van der Waals surface area contributed by atoms with E-state index in [4.69, 9.17) is 4.98 Å². The zero-order valence-corrected chi connectivity index (χ0v) is 14.1. The first-order valence-corrected chi connectivity index (χ1v) is 8.71. The Kier molecular flexibility index (Phi) is 3.31. The van der Waals surface area contributed by atoms with E-state index in [0.29, 0.717) is 17.7 Å². The predicted molar refractivity (Wildman–Crippen MR) is 98.6 cm³/mol. The number of para-hydroxylation sites is 2. The van der Waals surface area contributed by atoms with Crippen LogP contribution >= 0.6 is 0 Å². The number of nitrogens with one attached hydrogen (secondary N) is 2. The van der Waals surface area contributed by atoms with Crippen molar-refractivity contribution in [2.45, 2.75) is 0 Å². The molecule has 0 amide bonds. The van der Waals surface area contributed by atoms with E-state index in [0.717, 1.165) is 43.0 Å². The molecule has 0 spiro atoms. The predicted octanol–water partition coefficient (Wildman–Crippen LogP) is 0.579. The first-order valence-electron chi connectivity index (χ1n) is 8.71. The molecule has 5 rings (SSSR count). The highest BCUT2D eigenvalue weighted by Crippen LogP contribution is 2.34. The van der Waals surface area contributed by atoms with Gasteiger partial charge in [-0.3, -0.25) is 19.7 Å². The number of hydrogen-bond donors (Lipinski definition) is 2. The van der Waals surface area contributed by atoms with Crippen LogP contribution in [0, 0.1) is 11.8 Å². The molecule has 132 valence electrons. The zero-order valence-electron chi connectivity index (χ0n) is 14.1. The van der Waals surface area contributed by atoms with Gasteiger partial charge in [0.25, 0.3) is 5.56 Å². The van der Waals surface area contributed by atoms with Gasteiger partial charge in [-0.1, -0.05) is 12.1 Å². The van der Waals surface area contributed by atoms with Gasteiger partial charge in [0.2, 0.25) is 0 Å². The van der Waals surface area contributed by atoms with E-state index in [1.54, 1.807) is 0 Å². The van der Waals surface area contributed by atoms with Crippen LogP contribution in [0.25, 0.3) is 11.0 Å². The molecular weight excluding hydrogens is 332 g/mol. The normalized spacial score (nSPS) is 22.2. The Morgan fingerprint density at radius 2 is 1.62 bits per heavy atom. The van der Waals surface area contributed by atoms with Crippen molar-refractivity contribution in [1.82, 2.24) is 19.9 Å². The molecule has 8 heteroatoms. The number of rotatable bonds is 2. The standard InChI is InChI=1S/C18H18N6O2/c25-17-5-15(21-18(26)22-17)23-7-11-9-24(10-12(11)8-23)16-6-19-13-3-1-2-4-14(13)20-16/h1-6,11-12H,7-10H2,(H2,21,22,25,26). The van der Waals surface area contributed by atoms with Crippen molar-refractivity contribution in [3.05, 3.63) is 57.4 Å². The van der Waals surface area contributed by atoms with Crippen LogP contribution in [0.15, 0.2) is 46.1 Å². The molecule has 2 unspecified atom stereocenters. The number of fused-ring (bicyclic) bond motifs is 2. The van der Waals surface area contributed by atoms with Crippen LogP contribution in [0.1, 0.15) is 0 Å². The molecule has 0 radical (unpaired) electrons. The van der Waals surface area contributed by atoms with E-state index in [1.807, 2.05) is 30.5 Å². The summed E-state index contributed by atoms with van der Waals surface area (Å²) in [4.78, 5) is 41.6. The number of aromatic nitrogens is 4. The second-order valence-electron chi connectivity index (χ2n) is 7.02. The van der Waals surface area contributed by atoms with E-state index in [9.17, 15) is 9.59 Å². The molecule has 2 aromatic heterocycles. The van der Waals surface area contributed by atoms with Gasteiger partial charge in [0.15, 0.2) is 0 Å². The molecular formula is C18H18N6O2. The fraction of sp³-hybridized carbons (Fsp3) is 0.333. The van der Waals surface area contributed by atoms with Crippen LogP contribution in [0.4, 0.5) is 11.6 Å². The van der Waals surface area contributed by atoms with E-state index in [1.165, 1.54) is 6.07 Å². The molecule has 0 aliphatic carbocycles. The van der Waals surface area contributed by atoms with Crippen molar-refractivity contribution in [2.75, 3.05) is 36.0 Å². The van der Waals surface area contributed by atoms with Crippen LogP contribution in [0.2, 0.25) is 0 Å². The molecule has 8 nitrogen and oxygen atoms in total. The van der Waals surface area contributed by atoms with Crippen LogP contribution < -0.4 is 21.0 Å². The SMILES string of the molecule is O=c1cc(N2CC3CN(c4cnc5ccccc5n4)CC3C2)[nH]c(=O)[nH]1. The summed E-state index contributed by atoms with van der Waals surface area (Å²) in [6.07, 6.45) is 1.84. The van der Waals surface area contributed by atoms with Crippen LogP contribution in [0.5, 0.6) is 0 Å². The van der Waals surface area contributed by atoms with E-state index < -0.39 is 5.69 Å². The van der Waals surface area contributed by atoms with E-state index >= 15 is 0 Å². The van der Waals surface area contributed by atoms with Crippen molar-refractivity contribution in [1.29, 1.82) is 0 Å². The average Bonchev–Trinajstić information content (AvgIpc) is 3.19. The highest BCUT2D eigenvalue weighted by atomic mass is 16.2. The Bertz CT molecular complexity index is 1050. The van der Waals surface area contributed by atoms with Gasteiger partial charge in [-0.2, -0.15) is 0 Å². The molecule has 2 aliphatic heterocycles. The lowest BCUT2D eigenvalue weighted by molar-refractivity contribution is 0.533. The highest BCUT2D eigenvalue weighted by molar-refractivity contribution is 5.75. The van der Waals surface area contributed by atoms with Gasteiger partial charge in [0.05, 0.1) is 17.2 Å². The third kappa shape index (κ3) is 2.54. The lowest BCUT2D eigenvalue weighted by Gasteiger charge is -2.23. The summed E-state index contributed by atoms with van der Waals surface area (Å²) in [5.41, 5.74) is 0.983. The second-order valence-corrected chi connectivity index (χ2v) is 7.02. The first-order chi connectivity index (χ1) is 12.7. The monoisotopic (exact) mass is 350 g/mol. The number of anilines is 2. The summed E-state index contributed by atoms with van der Waals surface area (Å²) in [5, 5.41) is 0. The molecule has 2 N–H and O–H groups in total. The topological polar surface area (TPSA) is 98.0 Å². The molecule has 3 aromatic rings. The maximum absolute atomic E-state index is 11.5. The number of aromatic amines is 2. The lowest BCUT2D eigenvalue weighted by Crippen LogP contribution is -2.32. The van der Waals surface area contributed by atoms with Gasteiger partial charge in [0, 0.05) is 44.1 Å². The van der Waals surface area contributed by atoms with Gasteiger partial charge in [-0.15, -0.1) is 0 Å². The Morgan fingerprint density at radius 1 is 0.923 bits per heavy atom. The summed E-state index contributed by atoms with van der Waals surface area (Å²) in [7, 11) is 0. The van der Waals surface area contributed by atoms with Crippen molar-refractivity contribution in [3.63, 3.8) is 0 Å². The van der Waals surface area contributed by atoms with E-state index in [2.05, 4.69) is 24.8 Å². The van der Waals surface area contributed by atoms with Crippen molar-refractivity contribution >= 4 is 22.7 Å². The quantitative estimate of drug-likeness (QED) is 0.702. The van der Waals surface area contributed by atoms with Crippen molar-refractivity contribution in [3.8, 4) is 0 Å². The number of H-pyrrole nitrogens is 2. The van der Waals surface area contributed by atoms with Crippen LogP contribution in [-0.4, -0.2) is 46.1 Å². The van der Waals surface area contributed by atoms with Gasteiger partial charge in [-0.25, -0.2) is 9.78 Å². The molecule has 0 bridgehead atoms.